The number of rotatable bonds is 9. The van der Waals surface area contributed by atoms with Crippen molar-refractivity contribution in [2.75, 3.05) is 31.8 Å². The molecule has 1 N–H and O–H groups in total. The average Bonchev–Trinajstić information content (AvgIpc) is 2.71. The van der Waals surface area contributed by atoms with E-state index in [0.717, 1.165) is 21.9 Å². The van der Waals surface area contributed by atoms with Crippen LogP contribution in [0.4, 0.5) is 5.69 Å². The third-order valence-corrected chi connectivity index (χ3v) is 4.60. The molecule has 2 aromatic rings. The molecule has 0 atom stereocenters. The molecule has 5 nitrogen and oxygen atoms in total. The quantitative estimate of drug-likeness (QED) is 0.394. The summed E-state index contributed by atoms with van der Waals surface area (Å²) in [6.07, 6.45) is 6.78. The maximum absolute atomic E-state index is 12.3. The Kier molecular flexibility index (Phi) is 8.37. The Morgan fingerprint density at radius 1 is 1.18 bits per heavy atom. The molecule has 0 spiro atoms. The van der Waals surface area contributed by atoms with Gasteiger partial charge in [0, 0.05) is 18.0 Å². The highest BCUT2D eigenvalue weighted by molar-refractivity contribution is 7.98. The fraction of sp³-hybridized carbons (Fsp3) is 0.182. The molecular weight excluding hydrogens is 372 g/mol. The summed E-state index contributed by atoms with van der Waals surface area (Å²) in [5, 5.41) is 2.85. The Balaban J connectivity index is 1.88. The Hall–Kier alpha value is -2.99. The molecule has 0 bridgehead atoms. The Labute approximate surface area is 170 Å². The zero-order chi connectivity index (χ0) is 20.4. The van der Waals surface area contributed by atoms with Crippen LogP contribution in [0.15, 0.2) is 72.2 Å². The summed E-state index contributed by atoms with van der Waals surface area (Å²) in [4.78, 5) is 26.8. The molecule has 0 aromatic heterocycles. The molecule has 6 heteroatoms. The first-order valence-electron chi connectivity index (χ1n) is 8.73. The minimum Gasteiger partial charge on any atom is -0.490 e. The molecule has 2 rings (SSSR count). The van der Waals surface area contributed by atoms with Gasteiger partial charge >= 0.3 is 0 Å². The molecule has 0 aliphatic heterocycles. The van der Waals surface area contributed by atoms with Crippen molar-refractivity contribution in [3.63, 3.8) is 0 Å². The minimum atomic E-state index is -0.250. The van der Waals surface area contributed by atoms with Gasteiger partial charge in [0.05, 0.1) is 12.2 Å². The standard InChI is InChI=1S/C22H24N2O3S/c1-4-15-27-18-12-9-17(10-13-18)11-14-22(26)24(2)16-21(25)23-19-7-5-6-8-20(19)28-3/h4-14H,1,15-16H2,2-3H3,(H,23,25)/b14-11+. The summed E-state index contributed by atoms with van der Waals surface area (Å²) < 4.78 is 5.42. The lowest BCUT2D eigenvalue weighted by molar-refractivity contribution is -0.129. The number of likely N-dealkylation sites (N-methyl/N-ethyl adjacent to an activating group) is 1. The topological polar surface area (TPSA) is 58.6 Å². The number of carbonyl (C=O) groups is 2. The largest absolute Gasteiger partial charge is 0.490 e. The van der Waals surface area contributed by atoms with Crippen LogP contribution < -0.4 is 10.1 Å². The molecule has 0 saturated heterocycles. The molecule has 0 radical (unpaired) electrons. The molecule has 0 unspecified atom stereocenters. The van der Waals surface area contributed by atoms with E-state index in [1.807, 2.05) is 54.8 Å². The predicted octanol–water partition coefficient (Wildman–Crippen LogP) is 4.08. The molecule has 0 fully saturated rings. The molecule has 0 saturated carbocycles. The summed E-state index contributed by atoms with van der Waals surface area (Å²) in [6.45, 7) is 4.02. The second-order valence-corrected chi connectivity index (χ2v) is 6.79. The van der Waals surface area contributed by atoms with Gasteiger partial charge in [0.25, 0.3) is 0 Å². The van der Waals surface area contributed by atoms with Gasteiger partial charge in [0.15, 0.2) is 0 Å². The number of amides is 2. The second kappa shape index (κ2) is 11.0. The van der Waals surface area contributed by atoms with Gasteiger partial charge in [-0.25, -0.2) is 0 Å². The van der Waals surface area contributed by atoms with Gasteiger partial charge in [-0.05, 0) is 42.2 Å². The van der Waals surface area contributed by atoms with Gasteiger partial charge < -0.3 is 15.0 Å². The lowest BCUT2D eigenvalue weighted by Gasteiger charge is -2.15. The van der Waals surface area contributed by atoms with Crippen LogP contribution >= 0.6 is 11.8 Å². The number of hydrogen-bond donors (Lipinski definition) is 1. The molecule has 2 amide bonds. The van der Waals surface area contributed by atoms with Gasteiger partial charge in [-0.3, -0.25) is 9.59 Å². The van der Waals surface area contributed by atoms with E-state index in [9.17, 15) is 9.59 Å². The van der Waals surface area contributed by atoms with E-state index in [2.05, 4.69) is 11.9 Å². The predicted molar refractivity (Wildman–Crippen MR) is 116 cm³/mol. The van der Waals surface area contributed by atoms with Crippen LogP contribution in [-0.4, -0.2) is 43.2 Å². The van der Waals surface area contributed by atoms with Crippen LogP contribution in [0.5, 0.6) is 5.75 Å². The molecule has 0 heterocycles. The summed E-state index contributed by atoms with van der Waals surface area (Å²) >= 11 is 1.55. The van der Waals surface area contributed by atoms with Crippen LogP contribution in [0.25, 0.3) is 6.08 Å². The number of ether oxygens (including phenoxy) is 1. The van der Waals surface area contributed by atoms with E-state index in [1.165, 1.54) is 11.0 Å². The maximum Gasteiger partial charge on any atom is 0.246 e. The van der Waals surface area contributed by atoms with Crippen molar-refractivity contribution in [1.29, 1.82) is 0 Å². The van der Waals surface area contributed by atoms with Gasteiger partial charge in [-0.1, -0.05) is 36.9 Å². The summed E-state index contributed by atoms with van der Waals surface area (Å²) in [5.41, 5.74) is 1.61. The van der Waals surface area contributed by atoms with Crippen LogP contribution in [0.3, 0.4) is 0 Å². The number of anilines is 1. The Morgan fingerprint density at radius 2 is 1.89 bits per heavy atom. The fourth-order valence-electron chi connectivity index (χ4n) is 2.36. The first-order valence-corrected chi connectivity index (χ1v) is 9.95. The SMILES string of the molecule is C=CCOc1ccc(/C=C/C(=O)N(C)CC(=O)Nc2ccccc2SC)cc1. The lowest BCUT2D eigenvalue weighted by atomic mass is 10.2. The van der Waals surface area contributed by atoms with Crippen molar-refractivity contribution in [3.8, 4) is 5.75 Å². The maximum atomic E-state index is 12.3. The highest BCUT2D eigenvalue weighted by Gasteiger charge is 2.12. The van der Waals surface area contributed by atoms with E-state index in [1.54, 1.807) is 31.0 Å². The monoisotopic (exact) mass is 396 g/mol. The summed E-state index contributed by atoms with van der Waals surface area (Å²) in [6, 6.07) is 14.9. The smallest absolute Gasteiger partial charge is 0.246 e. The highest BCUT2D eigenvalue weighted by Crippen LogP contribution is 2.24. The van der Waals surface area contributed by atoms with E-state index in [-0.39, 0.29) is 18.4 Å². The summed E-state index contributed by atoms with van der Waals surface area (Å²) in [5.74, 6) is 0.248. The first kappa shape index (κ1) is 21.3. The van der Waals surface area contributed by atoms with Crippen LogP contribution in [-0.2, 0) is 9.59 Å². The first-order chi connectivity index (χ1) is 13.5. The van der Waals surface area contributed by atoms with Crippen molar-refractivity contribution in [2.24, 2.45) is 0 Å². The van der Waals surface area contributed by atoms with Crippen molar-refractivity contribution >= 4 is 35.3 Å². The fourth-order valence-corrected chi connectivity index (χ4v) is 2.91. The normalized spacial score (nSPS) is 10.5. The van der Waals surface area contributed by atoms with E-state index in [0.29, 0.717) is 6.61 Å². The third-order valence-electron chi connectivity index (χ3n) is 3.80. The summed E-state index contributed by atoms with van der Waals surface area (Å²) in [7, 11) is 1.60. The zero-order valence-corrected chi connectivity index (χ0v) is 16.9. The molecular formula is C22H24N2O3S. The number of nitrogens with one attached hydrogen (secondary N) is 1. The Bertz CT molecular complexity index is 847. The number of carbonyl (C=O) groups excluding carboxylic acids is 2. The number of nitrogens with zero attached hydrogens (tertiary/aromatic N) is 1. The van der Waals surface area contributed by atoms with Gasteiger partial charge in [0.1, 0.15) is 12.4 Å². The van der Waals surface area contributed by atoms with Crippen LogP contribution in [0, 0.1) is 0 Å². The van der Waals surface area contributed by atoms with Gasteiger partial charge in [0.2, 0.25) is 11.8 Å². The van der Waals surface area contributed by atoms with Gasteiger partial charge in [-0.15, -0.1) is 11.8 Å². The number of para-hydroxylation sites is 1. The lowest BCUT2D eigenvalue weighted by Crippen LogP contribution is -2.33. The van der Waals surface area contributed by atoms with Crippen LogP contribution in [0.2, 0.25) is 0 Å². The second-order valence-electron chi connectivity index (χ2n) is 5.94. The van der Waals surface area contributed by atoms with Crippen molar-refractivity contribution in [1.82, 2.24) is 4.90 Å². The number of hydrogen-bond acceptors (Lipinski definition) is 4. The van der Waals surface area contributed by atoms with Crippen LogP contribution in [0.1, 0.15) is 5.56 Å². The van der Waals surface area contributed by atoms with Crippen molar-refractivity contribution in [3.05, 3.63) is 72.8 Å². The molecule has 0 aliphatic carbocycles. The van der Waals surface area contributed by atoms with E-state index in [4.69, 9.17) is 4.74 Å². The van der Waals surface area contributed by atoms with Crippen molar-refractivity contribution in [2.45, 2.75) is 4.90 Å². The zero-order valence-electron chi connectivity index (χ0n) is 16.1. The number of benzene rings is 2. The van der Waals surface area contributed by atoms with E-state index >= 15 is 0 Å². The van der Waals surface area contributed by atoms with E-state index < -0.39 is 0 Å². The third kappa shape index (κ3) is 6.63. The Morgan fingerprint density at radius 3 is 2.57 bits per heavy atom. The average molecular weight is 397 g/mol. The minimum absolute atomic E-state index is 0.0276. The van der Waals surface area contributed by atoms with Crippen molar-refractivity contribution < 1.29 is 14.3 Å². The molecule has 146 valence electrons. The highest BCUT2D eigenvalue weighted by atomic mass is 32.2. The molecule has 0 aliphatic rings. The number of thioether (sulfide) groups is 1. The molecule has 2 aromatic carbocycles. The van der Waals surface area contributed by atoms with Gasteiger partial charge in [-0.2, -0.15) is 0 Å². The molecule has 28 heavy (non-hydrogen) atoms.